The van der Waals surface area contributed by atoms with Crippen molar-refractivity contribution in [2.75, 3.05) is 23.8 Å². The molecule has 1 amide bonds. The van der Waals surface area contributed by atoms with Crippen molar-refractivity contribution in [3.8, 4) is 0 Å². The van der Waals surface area contributed by atoms with E-state index in [1.165, 1.54) is 6.07 Å². The second-order valence-electron chi connectivity index (χ2n) is 9.25. The molecule has 2 aromatic heterocycles. The van der Waals surface area contributed by atoms with Gasteiger partial charge in [-0.3, -0.25) is 9.36 Å². The lowest BCUT2D eigenvalue weighted by Crippen LogP contribution is -2.29. The maximum atomic E-state index is 14.6. The summed E-state index contributed by atoms with van der Waals surface area (Å²) in [6, 6.07) is 5.37. The molecule has 1 aliphatic carbocycles. The van der Waals surface area contributed by atoms with Crippen LogP contribution in [0.2, 0.25) is 0 Å². The lowest BCUT2D eigenvalue weighted by molar-refractivity contribution is -0.122. The Hall–Kier alpha value is -3.27. The second kappa shape index (κ2) is 9.54. The third-order valence-corrected chi connectivity index (χ3v) is 6.82. The highest BCUT2D eigenvalue weighted by Crippen LogP contribution is 2.37. The van der Waals surface area contributed by atoms with E-state index in [2.05, 4.69) is 15.6 Å². The number of carbonyl (C=O) groups excluding carboxylic acids is 1. The van der Waals surface area contributed by atoms with Crippen LogP contribution < -0.4 is 16.4 Å². The summed E-state index contributed by atoms with van der Waals surface area (Å²) in [5.41, 5.74) is 8.05. The largest absolute Gasteiger partial charge is 0.381 e. The number of fused-ring (bicyclic) bond motifs is 1. The van der Waals surface area contributed by atoms with Gasteiger partial charge in [0.15, 0.2) is 5.65 Å². The van der Waals surface area contributed by atoms with E-state index in [1.807, 2.05) is 17.6 Å². The second-order valence-corrected chi connectivity index (χ2v) is 9.25. The van der Waals surface area contributed by atoms with Gasteiger partial charge < -0.3 is 21.1 Å². The van der Waals surface area contributed by atoms with E-state index in [-0.39, 0.29) is 29.7 Å². The first-order valence-electron chi connectivity index (χ1n) is 11.9. The van der Waals surface area contributed by atoms with Crippen molar-refractivity contribution < 1.29 is 13.9 Å². The number of aryl methyl sites for hydroxylation is 1. The van der Waals surface area contributed by atoms with Crippen molar-refractivity contribution in [3.05, 3.63) is 35.8 Å². The fourth-order valence-corrected chi connectivity index (χ4v) is 4.88. The molecule has 3 heterocycles. The molecule has 1 aromatic carbocycles. The lowest BCUT2D eigenvalue weighted by atomic mass is 9.85. The summed E-state index contributed by atoms with van der Waals surface area (Å²) in [6.45, 7) is 3.29. The molecule has 9 nitrogen and oxygen atoms in total. The van der Waals surface area contributed by atoms with Crippen LogP contribution in [-0.2, 0) is 9.53 Å². The van der Waals surface area contributed by atoms with Gasteiger partial charge in [-0.25, -0.2) is 14.4 Å². The molecule has 2 aliphatic rings. The summed E-state index contributed by atoms with van der Waals surface area (Å²) in [6.07, 6.45) is 6.43. The van der Waals surface area contributed by atoms with Gasteiger partial charge in [0, 0.05) is 31.2 Å². The number of hydrogen-bond acceptors (Lipinski definition) is 7. The Morgan fingerprint density at radius 3 is 2.62 bits per heavy atom. The molecule has 3 aromatic rings. The highest BCUT2D eigenvalue weighted by atomic mass is 19.1. The number of aromatic nitrogens is 4. The van der Waals surface area contributed by atoms with Gasteiger partial charge in [-0.15, -0.1) is 0 Å². The summed E-state index contributed by atoms with van der Waals surface area (Å²) in [5, 5.41) is 6.58. The number of halogens is 1. The zero-order valence-corrected chi connectivity index (χ0v) is 19.3. The number of imidazole rings is 1. The molecule has 10 heteroatoms. The Balaban J connectivity index is 1.50. The van der Waals surface area contributed by atoms with Crippen LogP contribution in [0.25, 0.3) is 11.2 Å². The van der Waals surface area contributed by atoms with Gasteiger partial charge in [-0.2, -0.15) is 4.98 Å². The van der Waals surface area contributed by atoms with E-state index in [1.54, 1.807) is 12.3 Å². The van der Waals surface area contributed by atoms with Crippen LogP contribution >= 0.6 is 0 Å². The van der Waals surface area contributed by atoms with Gasteiger partial charge in [0.1, 0.15) is 11.3 Å². The zero-order valence-electron chi connectivity index (χ0n) is 19.3. The van der Waals surface area contributed by atoms with E-state index in [9.17, 15) is 9.18 Å². The summed E-state index contributed by atoms with van der Waals surface area (Å²) in [7, 11) is 0. The van der Waals surface area contributed by atoms with Crippen molar-refractivity contribution in [2.45, 2.75) is 57.5 Å². The Bertz CT molecular complexity index is 1180. The molecule has 180 valence electrons. The van der Waals surface area contributed by atoms with E-state index >= 15 is 0 Å². The van der Waals surface area contributed by atoms with Crippen molar-refractivity contribution in [1.82, 2.24) is 19.5 Å². The fourth-order valence-electron chi connectivity index (χ4n) is 4.88. The predicted octanol–water partition coefficient (Wildman–Crippen LogP) is 3.82. The van der Waals surface area contributed by atoms with Crippen molar-refractivity contribution in [3.63, 3.8) is 0 Å². The number of anilines is 3. The number of nitrogens with two attached hydrogens (primary N) is 1. The number of primary amides is 1. The summed E-state index contributed by atoms with van der Waals surface area (Å²) >= 11 is 0. The Morgan fingerprint density at radius 2 is 1.91 bits per heavy atom. The molecule has 34 heavy (non-hydrogen) atoms. The number of nitrogens with zero attached hydrogens (tertiary/aromatic N) is 4. The minimum absolute atomic E-state index is 0.0578. The first-order valence-corrected chi connectivity index (χ1v) is 11.9. The molecule has 0 atom stereocenters. The maximum absolute atomic E-state index is 14.6. The average molecular weight is 468 g/mol. The lowest BCUT2D eigenvalue weighted by Gasteiger charge is -2.29. The van der Waals surface area contributed by atoms with Crippen LogP contribution in [0.4, 0.5) is 22.0 Å². The monoisotopic (exact) mass is 467 g/mol. The molecule has 2 fully saturated rings. The Morgan fingerprint density at radius 1 is 1.15 bits per heavy atom. The Kier molecular flexibility index (Phi) is 6.32. The highest BCUT2D eigenvalue weighted by Gasteiger charge is 2.29. The molecule has 1 aliphatic heterocycles. The van der Waals surface area contributed by atoms with Gasteiger partial charge in [0.25, 0.3) is 0 Å². The standard InChI is InChI=1S/C24H30FN7O2/c1-14-2-7-19(18(25)12-14)29-24-30-20-13-27-23(28-16-8-10-34-11-9-16)31-22(20)32(24)17-5-3-15(4-6-17)21(26)33/h2,7,12-13,15-17H,3-6,8-11H2,1H3,(H2,26,33)(H,29,30)(H,27,28,31)/t15-,17-. The summed E-state index contributed by atoms with van der Waals surface area (Å²) < 4.78 is 22.1. The first kappa shape index (κ1) is 22.5. The van der Waals surface area contributed by atoms with Gasteiger partial charge in [0.2, 0.25) is 17.8 Å². The molecule has 1 saturated heterocycles. The number of benzene rings is 1. The average Bonchev–Trinajstić information content (AvgIpc) is 3.19. The molecule has 0 unspecified atom stereocenters. The van der Waals surface area contributed by atoms with Gasteiger partial charge >= 0.3 is 0 Å². The first-order chi connectivity index (χ1) is 16.5. The summed E-state index contributed by atoms with van der Waals surface area (Å²) in [4.78, 5) is 25.7. The van der Waals surface area contributed by atoms with Crippen molar-refractivity contribution >= 4 is 34.7 Å². The third-order valence-electron chi connectivity index (χ3n) is 6.82. The third kappa shape index (κ3) is 4.68. The van der Waals surface area contributed by atoms with Gasteiger partial charge in [0.05, 0.1) is 11.9 Å². The predicted molar refractivity (Wildman–Crippen MR) is 127 cm³/mol. The van der Waals surface area contributed by atoms with Crippen molar-refractivity contribution in [2.24, 2.45) is 11.7 Å². The molecular formula is C24H30FN7O2. The number of rotatable bonds is 6. The normalized spacial score (nSPS) is 21.5. The Labute approximate surface area is 197 Å². The van der Waals surface area contributed by atoms with Crippen LogP contribution in [0.1, 0.15) is 50.1 Å². The maximum Gasteiger partial charge on any atom is 0.224 e. The molecule has 5 rings (SSSR count). The summed E-state index contributed by atoms with van der Waals surface area (Å²) in [5.74, 6) is 0.345. The van der Waals surface area contributed by atoms with Gasteiger partial charge in [-0.05, 0) is 63.1 Å². The van der Waals surface area contributed by atoms with E-state index < -0.39 is 0 Å². The van der Waals surface area contributed by atoms with Gasteiger partial charge in [-0.1, -0.05) is 6.07 Å². The van der Waals surface area contributed by atoms with Crippen molar-refractivity contribution in [1.29, 1.82) is 0 Å². The fraction of sp³-hybridized carbons (Fsp3) is 0.500. The molecule has 0 bridgehead atoms. The number of carbonyl (C=O) groups is 1. The van der Waals surface area contributed by atoms with Crippen LogP contribution in [0.3, 0.4) is 0 Å². The van der Waals surface area contributed by atoms with Crippen LogP contribution in [0.5, 0.6) is 0 Å². The van der Waals surface area contributed by atoms with E-state index in [0.717, 1.165) is 44.5 Å². The molecular weight excluding hydrogens is 437 g/mol. The number of amides is 1. The van der Waals surface area contributed by atoms with Crippen LogP contribution in [-0.4, -0.2) is 44.7 Å². The molecule has 0 radical (unpaired) electrons. The topological polar surface area (TPSA) is 120 Å². The molecule has 4 N–H and O–H groups in total. The number of ether oxygens (including phenoxy) is 1. The quantitative estimate of drug-likeness (QED) is 0.504. The molecule has 1 saturated carbocycles. The zero-order chi connectivity index (χ0) is 23.7. The smallest absolute Gasteiger partial charge is 0.224 e. The SMILES string of the molecule is Cc1ccc(Nc2nc3cnc(NC4CCOCC4)nc3n2[C@H]2CC[C@H](C(N)=O)CC2)c(F)c1. The number of nitrogens with one attached hydrogen (secondary N) is 2. The van der Waals surface area contributed by atoms with E-state index in [0.29, 0.717) is 41.6 Å². The van der Waals surface area contributed by atoms with E-state index in [4.69, 9.17) is 20.4 Å². The highest BCUT2D eigenvalue weighted by molar-refractivity contribution is 5.78. The minimum Gasteiger partial charge on any atom is -0.381 e. The molecule has 0 spiro atoms. The van der Waals surface area contributed by atoms with Crippen LogP contribution in [0.15, 0.2) is 24.4 Å². The van der Waals surface area contributed by atoms with Crippen LogP contribution in [0, 0.1) is 18.7 Å². The number of hydrogen-bond donors (Lipinski definition) is 3. The minimum atomic E-state index is -0.344.